The molecule has 0 radical (unpaired) electrons. The lowest BCUT2D eigenvalue weighted by Gasteiger charge is -2.21. The standard InChI is InChI=1S/C30H30FN5/c1-20-11-14-23(19-32-20)34-26-17-28-30(18-27(26)33-22-7-3-2-4-8-22)36(24-15-12-21(31)13-16-24)29-10-6-5-9-25(29)35-28/h9-19,22,34H,2-8H2,1H3. The molecular weight excluding hydrogens is 449 g/mol. The number of nitrogens with one attached hydrogen (secondary N) is 1. The molecule has 0 amide bonds. The Morgan fingerprint density at radius 3 is 2.56 bits per heavy atom. The first-order chi connectivity index (χ1) is 17.6. The van der Waals surface area contributed by atoms with Crippen molar-refractivity contribution in [2.24, 2.45) is 4.99 Å². The molecule has 0 unspecified atom stereocenters. The lowest BCUT2D eigenvalue weighted by atomic mass is 9.96. The Morgan fingerprint density at radius 2 is 1.78 bits per heavy atom. The van der Waals surface area contributed by atoms with Crippen LogP contribution in [0.1, 0.15) is 50.6 Å². The molecule has 4 aliphatic rings. The molecule has 5 nitrogen and oxygen atoms in total. The number of rotatable bonds is 4. The first-order valence-electron chi connectivity index (χ1n) is 12.9. The number of nitrogens with zero attached hydrogens (tertiary/aromatic N) is 4. The molecule has 2 aromatic rings. The van der Waals surface area contributed by atoms with E-state index in [-0.39, 0.29) is 5.82 Å². The third-order valence-electron chi connectivity index (χ3n) is 7.09. The molecule has 0 atom stereocenters. The molecule has 1 fully saturated rings. The fraction of sp³-hybridized carbons (Fsp3) is 0.300. The van der Waals surface area contributed by atoms with Crippen LogP contribution in [0.2, 0.25) is 0 Å². The second-order valence-corrected chi connectivity index (χ2v) is 9.77. The number of hydrogen-bond acceptors (Lipinski definition) is 4. The van der Waals surface area contributed by atoms with E-state index in [1.807, 2.05) is 37.4 Å². The highest BCUT2D eigenvalue weighted by molar-refractivity contribution is 5.70. The number of anilines is 2. The van der Waals surface area contributed by atoms with Gasteiger partial charge in [-0.25, -0.2) is 9.37 Å². The third-order valence-corrected chi connectivity index (χ3v) is 7.09. The Labute approximate surface area is 210 Å². The predicted octanol–water partition coefficient (Wildman–Crippen LogP) is 5.15. The zero-order chi connectivity index (χ0) is 24.5. The largest absolute Gasteiger partial charge is 0.352 e. The van der Waals surface area contributed by atoms with E-state index in [4.69, 9.17) is 9.98 Å². The van der Waals surface area contributed by atoms with Gasteiger partial charge in [0.1, 0.15) is 5.82 Å². The van der Waals surface area contributed by atoms with Gasteiger partial charge in [-0.3, -0.25) is 9.98 Å². The Bertz CT molecular complexity index is 1550. The fourth-order valence-electron chi connectivity index (χ4n) is 5.23. The molecule has 3 aliphatic carbocycles. The molecule has 6 heteroatoms. The lowest BCUT2D eigenvalue weighted by molar-refractivity contribution is 0.437. The maximum absolute atomic E-state index is 13.8. The van der Waals surface area contributed by atoms with Gasteiger partial charge in [0.15, 0.2) is 0 Å². The summed E-state index contributed by atoms with van der Waals surface area (Å²) < 4.78 is 16.0. The van der Waals surface area contributed by atoms with E-state index >= 15 is 0 Å². The summed E-state index contributed by atoms with van der Waals surface area (Å²) >= 11 is 0. The topological polar surface area (TPSA) is 55.1 Å². The van der Waals surface area contributed by atoms with Crippen molar-refractivity contribution in [3.05, 3.63) is 82.3 Å². The number of benzene rings is 2. The summed E-state index contributed by atoms with van der Waals surface area (Å²) in [5.41, 5.74) is 5.58. The van der Waals surface area contributed by atoms with Gasteiger partial charge in [-0.05, 0) is 81.1 Å². The Hall–Kier alpha value is -3.80. The van der Waals surface area contributed by atoms with E-state index < -0.39 is 0 Å². The first-order valence-corrected chi connectivity index (χ1v) is 12.9. The monoisotopic (exact) mass is 479 g/mol. The summed E-state index contributed by atoms with van der Waals surface area (Å²) in [7, 11) is 0. The van der Waals surface area contributed by atoms with E-state index in [2.05, 4.69) is 39.2 Å². The van der Waals surface area contributed by atoms with Crippen LogP contribution in [0.4, 0.5) is 15.8 Å². The van der Waals surface area contributed by atoms with E-state index in [9.17, 15) is 4.39 Å². The fourth-order valence-corrected chi connectivity index (χ4v) is 5.23. The molecule has 1 N–H and O–H groups in total. The highest BCUT2D eigenvalue weighted by atomic mass is 19.1. The van der Waals surface area contributed by atoms with Gasteiger partial charge in [0.2, 0.25) is 0 Å². The number of aryl methyl sites for hydroxylation is 1. The summed E-state index contributed by atoms with van der Waals surface area (Å²) in [6.45, 7) is 1.98. The van der Waals surface area contributed by atoms with Crippen molar-refractivity contribution in [1.29, 1.82) is 0 Å². The third kappa shape index (κ3) is 4.55. The molecular formula is C30H30FN5. The second-order valence-electron chi connectivity index (χ2n) is 9.77. The highest BCUT2D eigenvalue weighted by Crippen LogP contribution is 2.25. The van der Waals surface area contributed by atoms with Crippen molar-refractivity contribution in [3.63, 3.8) is 0 Å². The average Bonchev–Trinajstić information content (AvgIpc) is 2.90. The SMILES string of the molecule is Cc1ccc(Nc2cc3nc4c(n(-c5ccc(F)cc5)c-3cc2=NC2CCCCC2)=CCCC=4)cn1. The van der Waals surface area contributed by atoms with Gasteiger partial charge < -0.3 is 9.88 Å². The lowest BCUT2D eigenvalue weighted by Crippen LogP contribution is -2.40. The van der Waals surface area contributed by atoms with Crippen LogP contribution in [0.15, 0.2) is 59.7 Å². The van der Waals surface area contributed by atoms with Gasteiger partial charge in [-0.1, -0.05) is 31.4 Å². The van der Waals surface area contributed by atoms with Gasteiger partial charge >= 0.3 is 0 Å². The van der Waals surface area contributed by atoms with Crippen LogP contribution < -0.4 is 21.4 Å². The molecule has 182 valence electrons. The summed E-state index contributed by atoms with van der Waals surface area (Å²) in [5.74, 6) is -0.242. The number of halogens is 1. The maximum atomic E-state index is 13.8. The molecule has 1 saturated carbocycles. The van der Waals surface area contributed by atoms with Crippen molar-refractivity contribution < 1.29 is 4.39 Å². The minimum atomic E-state index is -0.242. The zero-order valence-electron chi connectivity index (χ0n) is 20.5. The summed E-state index contributed by atoms with van der Waals surface area (Å²) in [4.78, 5) is 14.7. The quantitative estimate of drug-likeness (QED) is 0.440. The molecule has 0 bridgehead atoms. The van der Waals surface area contributed by atoms with Crippen LogP contribution >= 0.6 is 0 Å². The summed E-state index contributed by atoms with van der Waals surface area (Å²) in [6, 6.07) is 15.3. The molecule has 1 aliphatic heterocycles. The minimum absolute atomic E-state index is 0.242. The van der Waals surface area contributed by atoms with Crippen molar-refractivity contribution in [3.8, 4) is 17.1 Å². The summed E-state index contributed by atoms with van der Waals surface area (Å²) in [5, 5.41) is 6.48. The van der Waals surface area contributed by atoms with Gasteiger partial charge in [-0.2, -0.15) is 0 Å². The minimum Gasteiger partial charge on any atom is -0.352 e. The normalized spacial score (nSPS) is 16.3. The number of hydrogen-bond donors (Lipinski definition) is 1. The Kier molecular flexibility index (Phi) is 6.09. The molecule has 6 rings (SSSR count). The van der Waals surface area contributed by atoms with Gasteiger partial charge in [0, 0.05) is 11.4 Å². The smallest absolute Gasteiger partial charge is 0.123 e. The van der Waals surface area contributed by atoms with Crippen LogP contribution in [0.25, 0.3) is 29.2 Å². The van der Waals surface area contributed by atoms with E-state index in [0.29, 0.717) is 6.04 Å². The molecule has 0 saturated heterocycles. The molecule has 36 heavy (non-hydrogen) atoms. The van der Waals surface area contributed by atoms with Crippen molar-refractivity contribution in [2.75, 3.05) is 5.32 Å². The van der Waals surface area contributed by atoms with Crippen LogP contribution in [0.5, 0.6) is 0 Å². The zero-order valence-corrected chi connectivity index (χ0v) is 20.5. The Balaban J connectivity index is 1.61. The van der Waals surface area contributed by atoms with Crippen LogP contribution in [0, 0.1) is 12.7 Å². The number of pyridine rings is 1. The molecule has 2 heterocycles. The molecule has 1 aromatic heterocycles. The Morgan fingerprint density at radius 1 is 0.972 bits per heavy atom. The number of fused-ring (bicyclic) bond motifs is 2. The molecule has 0 spiro atoms. The van der Waals surface area contributed by atoms with Crippen LogP contribution in [-0.4, -0.2) is 20.6 Å². The van der Waals surface area contributed by atoms with E-state index in [1.54, 1.807) is 0 Å². The van der Waals surface area contributed by atoms with Crippen molar-refractivity contribution in [2.45, 2.75) is 57.9 Å². The van der Waals surface area contributed by atoms with E-state index in [0.717, 1.165) is 75.9 Å². The summed E-state index contributed by atoms with van der Waals surface area (Å²) in [6.07, 6.45) is 14.2. The predicted molar refractivity (Wildman–Crippen MR) is 142 cm³/mol. The van der Waals surface area contributed by atoms with Crippen LogP contribution in [-0.2, 0) is 0 Å². The maximum Gasteiger partial charge on any atom is 0.123 e. The second kappa shape index (κ2) is 9.69. The van der Waals surface area contributed by atoms with Gasteiger partial charge in [-0.15, -0.1) is 0 Å². The average molecular weight is 480 g/mol. The van der Waals surface area contributed by atoms with Crippen molar-refractivity contribution in [1.82, 2.24) is 14.5 Å². The van der Waals surface area contributed by atoms with Gasteiger partial charge in [0.05, 0.1) is 51.1 Å². The van der Waals surface area contributed by atoms with Crippen LogP contribution in [0.3, 0.4) is 0 Å². The number of aromatic nitrogens is 3. The van der Waals surface area contributed by atoms with Crippen molar-refractivity contribution >= 4 is 23.5 Å². The van der Waals surface area contributed by atoms with E-state index in [1.165, 1.54) is 31.4 Å². The first kappa shape index (κ1) is 22.7. The highest BCUT2D eigenvalue weighted by Gasteiger charge is 2.18. The molecule has 1 aromatic carbocycles. The van der Waals surface area contributed by atoms with Gasteiger partial charge in [0.25, 0.3) is 0 Å².